The van der Waals surface area contributed by atoms with Gasteiger partial charge >= 0.3 is 10.4 Å². The number of rotatable bonds is 5. The first-order chi connectivity index (χ1) is 7.42. The molecule has 0 bridgehead atoms. The zero-order chi connectivity index (χ0) is 12.2. The maximum Gasteiger partial charge on any atom is 0.418 e. The van der Waals surface area contributed by atoms with Gasteiger partial charge in [-0.25, -0.2) is 5.48 Å². The van der Waals surface area contributed by atoms with Gasteiger partial charge in [0.25, 0.3) is 0 Å². The van der Waals surface area contributed by atoms with Crippen LogP contribution in [-0.4, -0.2) is 29.8 Å². The molecule has 1 rings (SSSR count). The van der Waals surface area contributed by atoms with E-state index in [-0.39, 0.29) is 18.0 Å². The zero-order valence-corrected chi connectivity index (χ0v) is 8.94. The molecule has 0 aliphatic rings. The van der Waals surface area contributed by atoms with Gasteiger partial charge < -0.3 is 10.2 Å². The van der Waals surface area contributed by atoms with Gasteiger partial charge in [0.1, 0.15) is 11.4 Å². The molecule has 1 aromatic rings. The third-order valence-electron chi connectivity index (χ3n) is 1.72. The Kier molecular flexibility index (Phi) is 4.07. The average Bonchev–Trinajstić information content (AvgIpc) is 2.18. The molecule has 0 heterocycles. The maximum atomic E-state index is 10.3. The van der Waals surface area contributed by atoms with E-state index in [1.165, 1.54) is 12.1 Å². The topological polar surface area (TPSA) is 116 Å². The van der Waals surface area contributed by atoms with Gasteiger partial charge in [-0.3, -0.25) is 4.55 Å². The molecule has 1 aromatic carbocycles. The second-order valence-corrected chi connectivity index (χ2v) is 3.96. The van der Waals surface area contributed by atoms with Crippen molar-refractivity contribution in [3.05, 3.63) is 23.8 Å². The summed E-state index contributed by atoms with van der Waals surface area (Å²) >= 11 is 0. The molecule has 0 fully saturated rings. The van der Waals surface area contributed by atoms with Crippen molar-refractivity contribution in [2.45, 2.75) is 6.42 Å². The lowest BCUT2D eigenvalue weighted by Crippen LogP contribution is -2.10. The van der Waals surface area contributed by atoms with Crippen molar-refractivity contribution in [3.8, 4) is 5.75 Å². The fourth-order valence-corrected chi connectivity index (χ4v) is 1.24. The van der Waals surface area contributed by atoms with Crippen LogP contribution in [0.25, 0.3) is 0 Å². The van der Waals surface area contributed by atoms with E-state index in [0.717, 1.165) is 0 Å². The number of phenols is 1. The van der Waals surface area contributed by atoms with Crippen LogP contribution < -0.4 is 5.48 Å². The van der Waals surface area contributed by atoms with Crippen molar-refractivity contribution in [1.82, 2.24) is 0 Å². The predicted molar refractivity (Wildman–Crippen MR) is 55.2 cm³/mol. The summed E-state index contributed by atoms with van der Waals surface area (Å²) in [6.45, 7) is -0.0800. The summed E-state index contributed by atoms with van der Waals surface area (Å²) in [6.07, 6.45) is 0.348. The van der Waals surface area contributed by atoms with E-state index in [0.29, 0.717) is 12.0 Å². The molecule has 0 radical (unpaired) electrons. The Bertz CT molecular complexity index is 458. The highest BCUT2D eigenvalue weighted by atomic mass is 32.3. The number of nitrogens with one attached hydrogen (secondary N) is 1. The normalized spacial score (nSPS) is 11.4. The van der Waals surface area contributed by atoms with Gasteiger partial charge in [-0.15, -0.1) is 4.28 Å². The Hall–Kier alpha value is -1.35. The largest absolute Gasteiger partial charge is 0.506 e. The first-order valence-corrected chi connectivity index (χ1v) is 5.63. The highest BCUT2D eigenvalue weighted by Crippen LogP contribution is 2.24. The summed E-state index contributed by atoms with van der Waals surface area (Å²) in [6, 6.07) is 4.25. The minimum absolute atomic E-state index is 0.0245. The Labute approximate surface area is 92.2 Å². The van der Waals surface area contributed by atoms with Crippen molar-refractivity contribution in [2.75, 3.05) is 12.1 Å². The monoisotopic (exact) mass is 249 g/mol. The Balaban J connectivity index is 2.82. The number of anilines is 1. The molecule has 0 spiro atoms. The second-order valence-electron chi connectivity index (χ2n) is 2.94. The van der Waals surface area contributed by atoms with Crippen LogP contribution in [0.2, 0.25) is 0 Å². The van der Waals surface area contributed by atoms with E-state index in [1.807, 2.05) is 5.48 Å². The third-order valence-corrected chi connectivity index (χ3v) is 2.01. The van der Waals surface area contributed by atoms with Gasteiger partial charge in [0.05, 0.1) is 0 Å². The summed E-state index contributed by atoms with van der Waals surface area (Å²) in [7, 11) is -4.64. The second kappa shape index (κ2) is 5.12. The number of aliphatic hydroxyl groups excluding tert-OH is 1. The summed E-state index contributed by atoms with van der Waals surface area (Å²) in [5.41, 5.74) is 2.53. The summed E-state index contributed by atoms with van der Waals surface area (Å²) in [5, 5.41) is 18.0. The van der Waals surface area contributed by atoms with Crippen molar-refractivity contribution in [1.29, 1.82) is 0 Å². The average molecular weight is 249 g/mol. The molecule has 7 nitrogen and oxygen atoms in total. The van der Waals surface area contributed by atoms with Crippen LogP contribution in [0.15, 0.2) is 18.2 Å². The molecule has 0 aliphatic carbocycles. The lowest BCUT2D eigenvalue weighted by Gasteiger charge is -2.07. The minimum atomic E-state index is -4.64. The molecule has 0 saturated heterocycles. The van der Waals surface area contributed by atoms with Crippen LogP contribution >= 0.6 is 0 Å². The fraction of sp³-hybridized carbons (Fsp3) is 0.250. The number of hydrogen-bond acceptors (Lipinski definition) is 6. The van der Waals surface area contributed by atoms with Crippen molar-refractivity contribution >= 4 is 16.1 Å². The quantitative estimate of drug-likeness (QED) is 0.331. The van der Waals surface area contributed by atoms with Gasteiger partial charge in [-0.05, 0) is 24.1 Å². The van der Waals surface area contributed by atoms with Crippen molar-refractivity contribution < 1.29 is 27.5 Å². The highest BCUT2D eigenvalue weighted by Gasteiger charge is 2.08. The van der Waals surface area contributed by atoms with Crippen molar-refractivity contribution in [2.24, 2.45) is 0 Å². The molecule has 0 saturated carbocycles. The van der Waals surface area contributed by atoms with E-state index in [1.54, 1.807) is 6.07 Å². The maximum absolute atomic E-state index is 10.3. The third kappa shape index (κ3) is 4.03. The Morgan fingerprint density at radius 1 is 1.38 bits per heavy atom. The standard InChI is InChI=1S/C8H11NO6S/c10-4-3-6-1-2-8(11)7(5-6)9-15-16(12,13)14/h1-2,5,9-11H,3-4H2,(H,12,13,14). The van der Waals surface area contributed by atoms with E-state index in [9.17, 15) is 13.5 Å². The molecule has 8 heteroatoms. The summed E-state index contributed by atoms with van der Waals surface area (Å²) in [5.74, 6) is -0.245. The van der Waals surface area contributed by atoms with Gasteiger partial charge in [0.2, 0.25) is 0 Å². The number of hydrogen-bond donors (Lipinski definition) is 4. The number of benzene rings is 1. The Morgan fingerprint density at radius 2 is 2.06 bits per heavy atom. The van der Waals surface area contributed by atoms with Crippen LogP contribution in [0.1, 0.15) is 5.56 Å². The van der Waals surface area contributed by atoms with Crippen LogP contribution in [0, 0.1) is 0 Å². The molecule has 0 atom stereocenters. The molecule has 90 valence electrons. The number of phenolic OH excluding ortho intramolecular Hbond substituents is 1. The minimum Gasteiger partial charge on any atom is -0.506 e. The van der Waals surface area contributed by atoms with Gasteiger partial charge in [-0.2, -0.15) is 8.42 Å². The molecule has 0 amide bonds. The molecule has 4 N–H and O–H groups in total. The molecule has 0 aromatic heterocycles. The summed E-state index contributed by atoms with van der Waals surface area (Å²) in [4.78, 5) is 0. The first kappa shape index (κ1) is 12.7. The van der Waals surface area contributed by atoms with E-state index >= 15 is 0 Å². The van der Waals surface area contributed by atoms with Gasteiger partial charge in [-0.1, -0.05) is 6.07 Å². The molecule has 16 heavy (non-hydrogen) atoms. The Morgan fingerprint density at radius 3 is 2.62 bits per heavy atom. The van der Waals surface area contributed by atoms with Gasteiger partial charge in [0.15, 0.2) is 0 Å². The molecule has 0 unspecified atom stereocenters. The lowest BCUT2D eigenvalue weighted by molar-refractivity contribution is 0.299. The lowest BCUT2D eigenvalue weighted by atomic mass is 10.1. The zero-order valence-electron chi connectivity index (χ0n) is 8.12. The van der Waals surface area contributed by atoms with Gasteiger partial charge in [0, 0.05) is 6.61 Å². The first-order valence-electron chi connectivity index (χ1n) is 4.27. The van der Waals surface area contributed by atoms with Crippen LogP contribution in [0.3, 0.4) is 0 Å². The highest BCUT2D eigenvalue weighted by molar-refractivity contribution is 7.80. The van der Waals surface area contributed by atoms with E-state index in [2.05, 4.69) is 4.28 Å². The number of aliphatic hydroxyl groups is 1. The summed E-state index contributed by atoms with van der Waals surface area (Å²) < 4.78 is 32.7. The predicted octanol–water partition coefficient (Wildman–Crippen LogP) is 0.0733. The van der Waals surface area contributed by atoms with Crippen LogP contribution in [0.5, 0.6) is 5.75 Å². The number of aromatic hydroxyl groups is 1. The van der Waals surface area contributed by atoms with Crippen LogP contribution in [-0.2, 0) is 21.1 Å². The van der Waals surface area contributed by atoms with E-state index < -0.39 is 10.4 Å². The SMILES string of the molecule is O=S(=O)(O)ONc1cc(CCO)ccc1O. The van der Waals surface area contributed by atoms with E-state index in [4.69, 9.17) is 9.66 Å². The molecular formula is C8H11NO6S. The molecular weight excluding hydrogens is 238 g/mol. The van der Waals surface area contributed by atoms with Crippen LogP contribution in [0.4, 0.5) is 5.69 Å². The fourth-order valence-electron chi connectivity index (χ4n) is 1.05. The van der Waals surface area contributed by atoms with Crippen molar-refractivity contribution in [3.63, 3.8) is 0 Å². The smallest absolute Gasteiger partial charge is 0.418 e. The molecule has 0 aliphatic heterocycles.